The summed E-state index contributed by atoms with van der Waals surface area (Å²) in [7, 11) is 0. The van der Waals surface area contributed by atoms with Crippen molar-refractivity contribution in [3.63, 3.8) is 0 Å². The molecule has 0 fully saturated rings. The second-order valence-electron chi connectivity index (χ2n) is 4.33. The van der Waals surface area contributed by atoms with E-state index in [0.717, 1.165) is 12.8 Å². The zero-order chi connectivity index (χ0) is 15.4. The van der Waals surface area contributed by atoms with E-state index in [1.807, 2.05) is 0 Å². The molecule has 1 amide bonds. The van der Waals surface area contributed by atoms with E-state index in [-0.39, 0.29) is 5.84 Å². The van der Waals surface area contributed by atoms with Gasteiger partial charge in [0.25, 0.3) is 0 Å². The van der Waals surface area contributed by atoms with Crippen LogP contribution in [0.5, 0.6) is 0 Å². The van der Waals surface area contributed by atoms with E-state index in [2.05, 4.69) is 12.2 Å². The van der Waals surface area contributed by atoms with Gasteiger partial charge in [0.2, 0.25) is 0 Å². The van der Waals surface area contributed by atoms with E-state index >= 15 is 0 Å². The highest BCUT2D eigenvalue weighted by molar-refractivity contribution is 5.95. The number of unbranched alkanes of at least 4 members (excludes halogenated alkanes) is 3. The number of carboxylic acid groups (broad SMARTS) is 1. The maximum Gasteiger partial charge on any atom is 0.404 e. The summed E-state index contributed by atoms with van der Waals surface area (Å²) in [6, 6.07) is 6.88. The maximum absolute atomic E-state index is 9.92. The van der Waals surface area contributed by atoms with Crippen molar-refractivity contribution in [1.29, 1.82) is 5.41 Å². The Labute approximate surface area is 119 Å². The van der Waals surface area contributed by atoms with Crippen LogP contribution in [0.25, 0.3) is 0 Å². The van der Waals surface area contributed by atoms with Gasteiger partial charge in [0.05, 0.1) is 0 Å². The number of nitrogens with one attached hydrogen (secondary N) is 2. The van der Waals surface area contributed by atoms with Crippen LogP contribution in [0.3, 0.4) is 0 Å². The number of hydrogen-bond donors (Lipinski definition) is 5. The fourth-order valence-electron chi connectivity index (χ4n) is 1.41. The van der Waals surface area contributed by atoms with E-state index in [0.29, 0.717) is 17.8 Å². The van der Waals surface area contributed by atoms with Crippen LogP contribution in [0.2, 0.25) is 0 Å². The molecule has 0 radical (unpaired) electrons. The van der Waals surface area contributed by atoms with Gasteiger partial charge in [0.1, 0.15) is 5.84 Å². The Morgan fingerprint density at radius 3 is 2.30 bits per heavy atom. The molecule has 0 aliphatic heterocycles. The fraction of sp³-hybridized carbons (Fsp3) is 0.429. The van der Waals surface area contributed by atoms with Gasteiger partial charge in [-0.15, -0.1) is 0 Å². The summed E-state index contributed by atoms with van der Waals surface area (Å²) in [5.74, 6) is 0.0694. The molecule has 1 aromatic rings. The van der Waals surface area contributed by atoms with Crippen molar-refractivity contribution < 1.29 is 9.90 Å². The van der Waals surface area contributed by atoms with Gasteiger partial charge >= 0.3 is 6.09 Å². The van der Waals surface area contributed by atoms with Crippen molar-refractivity contribution in [2.75, 3.05) is 12.3 Å². The third-order valence-electron chi connectivity index (χ3n) is 2.53. The molecule has 0 aliphatic carbocycles. The van der Waals surface area contributed by atoms with Crippen molar-refractivity contribution in [3.05, 3.63) is 29.8 Å². The topological polar surface area (TPSA) is 125 Å². The van der Waals surface area contributed by atoms with E-state index in [1.54, 1.807) is 24.3 Å². The third-order valence-corrected chi connectivity index (χ3v) is 2.53. The molecule has 1 aromatic carbocycles. The van der Waals surface area contributed by atoms with E-state index in [4.69, 9.17) is 22.0 Å². The van der Waals surface area contributed by atoms with Crippen LogP contribution in [-0.4, -0.2) is 23.6 Å². The summed E-state index contributed by atoms with van der Waals surface area (Å²) in [6.45, 7) is 2.72. The van der Waals surface area contributed by atoms with E-state index in [1.165, 1.54) is 12.8 Å². The van der Waals surface area contributed by atoms with Gasteiger partial charge in [-0.2, -0.15) is 0 Å². The number of carbonyl (C=O) groups is 1. The molecule has 0 saturated carbocycles. The molecule has 7 N–H and O–H groups in total. The molecule has 0 spiro atoms. The van der Waals surface area contributed by atoms with E-state index < -0.39 is 6.09 Å². The third kappa shape index (κ3) is 9.76. The molecule has 1 rings (SSSR count). The standard InChI is InChI=1S/C7H9N3.C7H15NO2/c8-6-3-1-5(2-4-6)7(9)10;1-2-3-4-5-6-8-7(9)10/h1-4H,8H2,(H3,9,10);8H,2-6H2,1H3,(H,9,10). The molecule has 112 valence electrons. The average molecular weight is 280 g/mol. The zero-order valence-electron chi connectivity index (χ0n) is 11.9. The Bertz CT molecular complexity index is 404. The molecule has 6 nitrogen and oxygen atoms in total. The molecule has 0 unspecified atom stereocenters. The van der Waals surface area contributed by atoms with Crippen LogP contribution in [0.4, 0.5) is 10.5 Å². The van der Waals surface area contributed by atoms with Gasteiger partial charge in [-0.05, 0) is 30.7 Å². The molecule has 0 heterocycles. The van der Waals surface area contributed by atoms with E-state index in [9.17, 15) is 4.79 Å². The average Bonchev–Trinajstić information content (AvgIpc) is 2.39. The van der Waals surface area contributed by atoms with Gasteiger partial charge in [-0.25, -0.2) is 4.79 Å². The minimum absolute atomic E-state index is 0.0694. The number of nitrogen functional groups attached to an aromatic ring is 2. The monoisotopic (exact) mass is 280 g/mol. The van der Waals surface area contributed by atoms with Crippen molar-refractivity contribution >= 4 is 17.6 Å². The van der Waals surface area contributed by atoms with Crippen LogP contribution in [0.1, 0.15) is 38.2 Å². The second kappa shape index (κ2) is 10.7. The van der Waals surface area contributed by atoms with Gasteiger partial charge in [-0.3, -0.25) is 5.41 Å². The van der Waals surface area contributed by atoms with Crippen LogP contribution in [-0.2, 0) is 0 Å². The largest absolute Gasteiger partial charge is 0.465 e. The lowest BCUT2D eigenvalue weighted by Crippen LogP contribution is -2.21. The highest BCUT2D eigenvalue weighted by atomic mass is 16.4. The highest BCUT2D eigenvalue weighted by Gasteiger charge is 1.92. The van der Waals surface area contributed by atoms with Gasteiger partial charge in [0.15, 0.2) is 0 Å². The van der Waals surface area contributed by atoms with Crippen molar-refractivity contribution in [1.82, 2.24) is 5.32 Å². The Morgan fingerprint density at radius 1 is 1.25 bits per heavy atom. The van der Waals surface area contributed by atoms with Gasteiger partial charge < -0.3 is 21.9 Å². The molecule has 0 saturated heterocycles. The van der Waals surface area contributed by atoms with Crippen molar-refractivity contribution in [2.45, 2.75) is 32.6 Å². The van der Waals surface area contributed by atoms with Crippen LogP contribution in [0, 0.1) is 5.41 Å². The molecule has 6 heteroatoms. The van der Waals surface area contributed by atoms with Crippen LogP contribution in [0.15, 0.2) is 24.3 Å². The quantitative estimate of drug-likeness (QED) is 0.237. The minimum atomic E-state index is -0.920. The number of hydrogen-bond acceptors (Lipinski definition) is 3. The number of nitrogens with two attached hydrogens (primary N) is 2. The predicted molar refractivity (Wildman–Crippen MR) is 82.0 cm³/mol. The molecule has 0 aliphatic rings. The van der Waals surface area contributed by atoms with Crippen molar-refractivity contribution in [3.8, 4) is 0 Å². The van der Waals surface area contributed by atoms with Crippen molar-refractivity contribution in [2.24, 2.45) is 5.73 Å². The Hall–Kier alpha value is -2.24. The molecular weight excluding hydrogens is 256 g/mol. The first kappa shape index (κ1) is 17.8. The Kier molecular flexibility index (Phi) is 9.47. The summed E-state index contributed by atoms with van der Waals surface area (Å²) in [5.41, 5.74) is 12.0. The normalized spacial score (nSPS) is 9.25. The summed E-state index contributed by atoms with van der Waals surface area (Å²) in [4.78, 5) is 9.92. The minimum Gasteiger partial charge on any atom is -0.465 e. The van der Waals surface area contributed by atoms with Crippen LogP contribution >= 0.6 is 0 Å². The second-order valence-corrected chi connectivity index (χ2v) is 4.33. The number of amides is 1. The number of anilines is 1. The van der Waals surface area contributed by atoms with Gasteiger partial charge in [-0.1, -0.05) is 26.2 Å². The first-order valence-corrected chi connectivity index (χ1v) is 6.64. The number of benzene rings is 1. The first-order chi connectivity index (χ1) is 9.47. The molecule has 0 bridgehead atoms. The molecule has 0 aromatic heterocycles. The molecular formula is C14H24N4O2. The number of amidine groups is 1. The Morgan fingerprint density at radius 2 is 1.85 bits per heavy atom. The van der Waals surface area contributed by atoms with Gasteiger partial charge in [0, 0.05) is 17.8 Å². The summed E-state index contributed by atoms with van der Waals surface area (Å²) in [5, 5.41) is 17.5. The first-order valence-electron chi connectivity index (χ1n) is 6.64. The summed E-state index contributed by atoms with van der Waals surface area (Å²) in [6.07, 6.45) is 3.54. The lowest BCUT2D eigenvalue weighted by molar-refractivity contribution is 0.194. The molecule has 20 heavy (non-hydrogen) atoms. The summed E-state index contributed by atoms with van der Waals surface area (Å²) >= 11 is 0. The summed E-state index contributed by atoms with van der Waals surface area (Å²) < 4.78 is 0. The molecule has 0 atom stereocenters. The SMILES string of the molecule is CCCCCCNC(=O)O.N=C(N)c1ccc(N)cc1. The fourth-order valence-corrected chi connectivity index (χ4v) is 1.41. The maximum atomic E-state index is 9.92. The highest BCUT2D eigenvalue weighted by Crippen LogP contribution is 2.03. The van der Waals surface area contributed by atoms with Crippen LogP contribution < -0.4 is 16.8 Å². The smallest absolute Gasteiger partial charge is 0.404 e. The Balaban J connectivity index is 0.000000361. The zero-order valence-corrected chi connectivity index (χ0v) is 11.9. The predicted octanol–water partition coefficient (Wildman–Crippen LogP) is 2.39. The lowest BCUT2D eigenvalue weighted by atomic mass is 10.2. The number of rotatable bonds is 6. The lowest BCUT2D eigenvalue weighted by Gasteiger charge is -1.98.